The highest BCUT2D eigenvalue weighted by atomic mass is 16.6. The van der Waals surface area contributed by atoms with Crippen molar-refractivity contribution < 1.29 is 14.5 Å². The molecule has 0 fully saturated rings. The Kier molecular flexibility index (Phi) is 4.00. The minimum atomic E-state index is -0.590. The summed E-state index contributed by atoms with van der Waals surface area (Å²) in [6.07, 6.45) is 3.40. The molecule has 0 bridgehead atoms. The number of carbonyl (C=O) groups excluding carboxylic acids is 2. The maximum absolute atomic E-state index is 12.6. The molecule has 4 rings (SSSR count). The third kappa shape index (κ3) is 2.97. The van der Waals surface area contributed by atoms with Gasteiger partial charge in [0.05, 0.1) is 22.6 Å². The number of hydrogen-bond donors (Lipinski definition) is 0. The summed E-state index contributed by atoms with van der Waals surface area (Å²) in [5.74, 6) is -0.463. The van der Waals surface area contributed by atoms with Gasteiger partial charge >= 0.3 is 0 Å². The molecule has 2 heterocycles. The number of imidazole rings is 1. The van der Waals surface area contributed by atoms with Crippen molar-refractivity contribution >= 4 is 17.5 Å². The quantitative estimate of drug-likeness (QED) is 0.395. The number of benzene rings is 2. The number of nitrogens with zero attached hydrogens (tertiary/aromatic N) is 4. The molecule has 0 unspecified atom stereocenters. The number of imide groups is 1. The van der Waals surface area contributed by atoms with E-state index in [0.717, 1.165) is 16.5 Å². The number of amides is 2. The number of aromatic nitrogens is 2. The minimum absolute atomic E-state index is 0.0000220. The number of carbonyl (C=O) groups is 2. The second-order valence-corrected chi connectivity index (χ2v) is 6.14. The molecule has 1 aliphatic heterocycles. The Hall–Kier alpha value is -3.81. The van der Waals surface area contributed by atoms with E-state index < -0.39 is 16.7 Å². The zero-order chi connectivity index (χ0) is 19.0. The molecule has 8 heteroatoms. The monoisotopic (exact) mass is 362 g/mol. The van der Waals surface area contributed by atoms with Crippen LogP contribution in [0.4, 0.5) is 5.69 Å². The molecule has 3 aromatic rings. The fourth-order valence-electron chi connectivity index (χ4n) is 3.09. The Labute approximate surface area is 153 Å². The SMILES string of the molecule is O=C1c2ccc([N+](=O)[O-])cc2C(=O)N1Cc1nccn1Cc1ccccc1. The molecule has 0 spiro atoms. The number of hydrogen-bond acceptors (Lipinski definition) is 5. The van der Waals surface area contributed by atoms with Gasteiger partial charge in [-0.3, -0.25) is 24.6 Å². The largest absolute Gasteiger partial charge is 0.329 e. The van der Waals surface area contributed by atoms with E-state index in [-0.39, 0.29) is 23.4 Å². The van der Waals surface area contributed by atoms with Crippen LogP contribution in [0.1, 0.15) is 32.1 Å². The third-order valence-electron chi connectivity index (χ3n) is 4.46. The molecule has 2 aromatic carbocycles. The lowest BCUT2D eigenvalue weighted by Gasteiger charge is -2.15. The second kappa shape index (κ2) is 6.49. The fourth-order valence-corrected chi connectivity index (χ4v) is 3.09. The number of nitro benzene ring substituents is 1. The Morgan fingerprint density at radius 3 is 2.44 bits per heavy atom. The average molecular weight is 362 g/mol. The van der Waals surface area contributed by atoms with Crippen LogP contribution in [0.25, 0.3) is 0 Å². The third-order valence-corrected chi connectivity index (χ3v) is 4.46. The lowest BCUT2D eigenvalue weighted by molar-refractivity contribution is -0.384. The summed E-state index contributed by atoms with van der Waals surface area (Å²) in [5.41, 5.74) is 1.07. The van der Waals surface area contributed by atoms with Gasteiger partial charge in [0.2, 0.25) is 0 Å². The number of rotatable bonds is 5. The number of non-ortho nitro benzene ring substituents is 1. The fraction of sp³-hybridized carbons (Fsp3) is 0.105. The van der Waals surface area contributed by atoms with Crippen LogP contribution < -0.4 is 0 Å². The first-order valence-corrected chi connectivity index (χ1v) is 8.23. The molecule has 1 aliphatic rings. The van der Waals surface area contributed by atoms with Crippen molar-refractivity contribution in [2.45, 2.75) is 13.1 Å². The molecule has 1 aromatic heterocycles. The molecular weight excluding hydrogens is 348 g/mol. The van der Waals surface area contributed by atoms with Gasteiger partial charge < -0.3 is 4.57 Å². The number of fused-ring (bicyclic) bond motifs is 1. The Balaban J connectivity index is 1.59. The van der Waals surface area contributed by atoms with E-state index in [4.69, 9.17) is 0 Å². The number of nitro groups is 1. The van der Waals surface area contributed by atoms with Gasteiger partial charge in [-0.1, -0.05) is 30.3 Å². The highest BCUT2D eigenvalue weighted by molar-refractivity contribution is 6.21. The molecule has 0 saturated carbocycles. The van der Waals surface area contributed by atoms with Crippen molar-refractivity contribution in [3.05, 3.63) is 93.6 Å². The molecule has 0 saturated heterocycles. The van der Waals surface area contributed by atoms with E-state index in [9.17, 15) is 19.7 Å². The molecule has 0 N–H and O–H groups in total. The molecular formula is C19H14N4O4. The standard InChI is InChI=1S/C19H14N4O4/c24-18-15-7-6-14(23(26)27)10-16(15)19(25)22(18)12-17-20-8-9-21(17)11-13-4-2-1-3-5-13/h1-10H,11-12H2. The van der Waals surface area contributed by atoms with Crippen LogP contribution in [0.5, 0.6) is 0 Å². The first-order chi connectivity index (χ1) is 13.0. The Morgan fingerprint density at radius 1 is 0.963 bits per heavy atom. The van der Waals surface area contributed by atoms with Crippen LogP contribution in [0, 0.1) is 10.1 Å². The van der Waals surface area contributed by atoms with E-state index >= 15 is 0 Å². The Morgan fingerprint density at radius 2 is 1.70 bits per heavy atom. The summed E-state index contributed by atoms with van der Waals surface area (Å²) in [6, 6.07) is 13.4. The van der Waals surface area contributed by atoms with Gasteiger partial charge in [-0.15, -0.1) is 0 Å². The summed E-state index contributed by atoms with van der Waals surface area (Å²) < 4.78 is 1.86. The molecule has 0 atom stereocenters. The van der Waals surface area contributed by atoms with Crippen LogP contribution in [-0.2, 0) is 13.1 Å². The first kappa shape index (κ1) is 16.6. The van der Waals surface area contributed by atoms with E-state index in [1.165, 1.54) is 12.1 Å². The van der Waals surface area contributed by atoms with E-state index in [2.05, 4.69) is 4.98 Å². The summed E-state index contributed by atoms with van der Waals surface area (Å²) in [5, 5.41) is 10.9. The summed E-state index contributed by atoms with van der Waals surface area (Å²) in [4.78, 5) is 40.9. The van der Waals surface area contributed by atoms with Crippen LogP contribution in [-0.4, -0.2) is 31.2 Å². The lowest BCUT2D eigenvalue weighted by Crippen LogP contribution is -2.30. The Bertz CT molecular complexity index is 1060. The zero-order valence-electron chi connectivity index (χ0n) is 14.1. The van der Waals surface area contributed by atoms with Gasteiger partial charge in [0.1, 0.15) is 5.82 Å². The van der Waals surface area contributed by atoms with E-state index in [1.54, 1.807) is 12.4 Å². The second-order valence-electron chi connectivity index (χ2n) is 6.14. The van der Waals surface area contributed by atoms with Gasteiger partial charge in [0.25, 0.3) is 17.5 Å². The van der Waals surface area contributed by atoms with E-state index in [1.807, 2.05) is 34.9 Å². The molecule has 27 heavy (non-hydrogen) atoms. The average Bonchev–Trinajstić information content (AvgIpc) is 3.20. The van der Waals surface area contributed by atoms with Crippen LogP contribution in [0.15, 0.2) is 60.9 Å². The molecule has 0 aliphatic carbocycles. The van der Waals surface area contributed by atoms with Crippen molar-refractivity contribution in [2.24, 2.45) is 0 Å². The molecule has 2 amide bonds. The van der Waals surface area contributed by atoms with Crippen molar-refractivity contribution in [3.8, 4) is 0 Å². The zero-order valence-corrected chi connectivity index (χ0v) is 14.1. The van der Waals surface area contributed by atoms with Gasteiger partial charge in [0.15, 0.2) is 0 Å². The maximum Gasteiger partial charge on any atom is 0.270 e. The topological polar surface area (TPSA) is 98.3 Å². The van der Waals surface area contributed by atoms with Gasteiger partial charge in [-0.25, -0.2) is 4.98 Å². The van der Waals surface area contributed by atoms with Crippen LogP contribution in [0.2, 0.25) is 0 Å². The smallest absolute Gasteiger partial charge is 0.270 e. The minimum Gasteiger partial charge on any atom is -0.329 e. The van der Waals surface area contributed by atoms with Gasteiger partial charge in [-0.2, -0.15) is 0 Å². The summed E-state index contributed by atoms with van der Waals surface area (Å²) >= 11 is 0. The highest BCUT2D eigenvalue weighted by Gasteiger charge is 2.37. The van der Waals surface area contributed by atoms with Crippen molar-refractivity contribution in [1.29, 1.82) is 0 Å². The van der Waals surface area contributed by atoms with Gasteiger partial charge in [0, 0.05) is 31.1 Å². The van der Waals surface area contributed by atoms with Crippen molar-refractivity contribution in [2.75, 3.05) is 0 Å². The maximum atomic E-state index is 12.6. The predicted molar refractivity (Wildman–Crippen MR) is 95.1 cm³/mol. The first-order valence-electron chi connectivity index (χ1n) is 8.23. The normalized spacial score (nSPS) is 13.1. The van der Waals surface area contributed by atoms with Crippen LogP contribution >= 0.6 is 0 Å². The summed E-state index contributed by atoms with van der Waals surface area (Å²) in [7, 11) is 0. The highest BCUT2D eigenvalue weighted by Crippen LogP contribution is 2.27. The predicted octanol–water partition coefficient (Wildman–Crippen LogP) is 2.64. The van der Waals surface area contributed by atoms with Crippen LogP contribution in [0.3, 0.4) is 0 Å². The molecule has 134 valence electrons. The van der Waals surface area contributed by atoms with Crippen molar-refractivity contribution in [3.63, 3.8) is 0 Å². The summed E-state index contributed by atoms with van der Waals surface area (Å²) in [6.45, 7) is 0.560. The van der Waals surface area contributed by atoms with Gasteiger partial charge in [-0.05, 0) is 11.6 Å². The molecule has 8 nitrogen and oxygen atoms in total. The molecule has 0 radical (unpaired) electrons. The van der Waals surface area contributed by atoms with Crippen molar-refractivity contribution in [1.82, 2.24) is 14.5 Å². The van der Waals surface area contributed by atoms with E-state index in [0.29, 0.717) is 12.4 Å². The lowest BCUT2D eigenvalue weighted by atomic mass is 10.1.